The van der Waals surface area contributed by atoms with E-state index < -0.39 is 5.91 Å². The molecule has 172 valence electrons. The van der Waals surface area contributed by atoms with Gasteiger partial charge in [-0.15, -0.1) is 10.2 Å². The number of para-hydroxylation sites is 1. The number of aromatic nitrogens is 3. The van der Waals surface area contributed by atoms with Crippen molar-refractivity contribution in [2.45, 2.75) is 11.6 Å². The minimum Gasteiger partial charge on any atom is -0.496 e. The van der Waals surface area contributed by atoms with E-state index in [4.69, 9.17) is 16.3 Å². The number of nitrogens with one attached hydrogen (secondary N) is 1. The number of carbonyl (C=O) groups excluding carboxylic acids is 2. The summed E-state index contributed by atoms with van der Waals surface area (Å²) in [5.74, 6) is 0.438. The topological polar surface area (TPSA) is 86.1 Å². The molecule has 4 aromatic rings. The van der Waals surface area contributed by atoms with Gasteiger partial charge in [-0.25, -0.2) is 0 Å². The van der Waals surface area contributed by atoms with Crippen LogP contribution in [0.3, 0.4) is 0 Å². The molecule has 4 rings (SSSR count). The van der Waals surface area contributed by atoms with Crippen molar-refractivity contribution in [2.75, 3.05) is 12.9 Å². The minimum atomic E-state index is -0.407. The summed E-state index contributed by atoms with van der Waals surface area (Å²) in [6.45, 7) is 0. The SMILES string of the molecule is COc1ccccc1-c1nnc(SCC(=O)NC(=O)Cc2ccccc2)n1-c1ccc(Cl)cc1. The molecular formula is C25H21ClN4O3S. The first-order valence-corrected chi connectivity index (χ1v) is 11.8. The van der Waals surface area contributed by atoms with Crippen molar-refractivity contribution in [1.29, 1.82) is 0 Å². The van der Waals surface area contributed by atoms with E-state index in [2.05, 4.69) is 15.5 Å². The second-order valence-corrected chi connectivity index (χ2v) is 8.62. The van der Waals surface area contributed by atoms with Gasteiger partial charge < -0.3 is 4.74 Å². The second-order valence-electron chi connectivity index (χ2n) is 7.24. The average Bonchev–Trinajstić information content (AvgIpc) is 3.27. The van der Waals surface area contributed by atoms with Gasteiger partial charge >= 0.3 is 0 Å². The molecule has 0 radical (unpaired) electrons. The summed E-state index contributed by atoms with van der Waals surface area (Å²) in [5, 5.41) is 12.2. The molecule has 7 nitrogen and oxygen atoms in total. The first-order chi connectivity index (χ1) is 16.5. The van der Waals surface area contributed by atoms with Crippen molar-refractivity contribution in [3.8, 4) is 22.8 Å². The molecule has 3 aromatic carbocycles. The van der Waals surface area contributed by atoms with Crippen LogP contribution in [0.5, 0.6) is 5.75 Å². The maximum absolute atomic E-state index is 12.4. The highest BCUT2D eigenvalue weighted by Crippen LogP contribution is 2.33. The molecule has 1 aromatic heterocycles. The van der Waals surface area contributed by atoms with Gasteiger partial charge in [-0.05, 0) is 42.0 Å². The van der Waals surface area contributed by atoms with Gasteiger partial charge in [0.05, 0.1) is 24.8 Å². The Morgan fingerprint density at radius 3 is 2.38 bits per heavy atom. The highest BCUT2D eigenvalue weighted by molar-refractivity contribution is 7.99. The van der Waals surface area contributed by atoms with Gasteiger partial charge in [-0.1, -0.05) is 65.8 Å². The van der Waals surface area contributed by atoms with Gasteiger partial charge in [0.25, 0.3) is 0 Å². The van der Waals surface area contributed by atoms with Gasteiger partial charge in [-0.2, -0.15) is 0 Å². The molecule has 9 heteroatoms. The first-order valence-electron chi connectivity index (χ1n) is 10.4. The quantitative estimate of drug-likeness (QED) is 0.362. The Morgan fingerprint density at radius 1 is 0.941 bits per heavy atom. The molecule has 0 saturated carbocycles. The number of carbonyl (C=O) groups is 2. The maximum Gasteiger partial charge on any atom is 0.237 e. The molecular weight excluding hydrogens is 472 g/mol. The molecule has 0 unspecified atom stereocenters. The number of hydrogen-bond acceptors (Lipinski definition) is 6. The van der Waals surface area contributed by atoms with E-state index in [-0.39, 0.29) is 18.1 Å². The summed E-state index contributed by atoms with van der Waals surface area (Å²) in [7, 11) is 1.59. The smallest absolute Gasteiger partial charge is 0.237 e. The Balaban J connectivity index is 1.54. The van der Waals surface area contributed by atoms with Crippen LogP contribution in [0.2, 0.25) is 5.02 Å². The summed E-state index contributed by atoms with van der Waals surface area (Å²) >= 11 is 7.26. The number of amides is 2. The van der Waals surface area contributed by atoms with Crippen molar-refractivity contribution >= 4 is 35.2 Å². The third kappa shape index (κ3) is 5.65. The van der Waals surface area contributed by atoms with Crippen LogP contribution in [0.1, 0.15) is 5.56 Å². The predicted octanol–water partition coefficient (Wildman–Crippen LogP) is 4.57. The molecule has 0 saturated heterocycles. The third-order valence-electron chi connectivity index (χ3n) is 4.88. The van der Waals surface area contributed by atoms with Crippen molar-refractivity contribution in [2.24, 2.45) is 0 Å². The van der Waals surface area contributed by atoms with E-state index in [0.29, 0.717) is 21.8 Å². The lowest BCUT2D eigenvalue weighted by Crippen LogP contribution is -2.33. The number of ether oxygens (including phenoxy) is 1. The van der Waals surface area contributed by atoms with Crippen LogP contribution in [0.4, 0.5) is 0 Å². The van der Waals surface area contributed by atoms with Crippen LogP contribution in [-0.2, 0) is 16.0 Å². The molecule has 0 aliphatic carbocycles. The lowest BCUT2D eigenvalue weighted by molar-refractivity contribution is -0.128. The first kappa shape index (κ1) is 23.5. The summed E-state index contributed by atoms with van der Waals surface area (Å²) < 4.78 is 7.33. The molecule has 0 spiro atoms. The van der Waals surface area contributed by atoms with Gasteiger partial charge in [-0.3, -0.25) is 19.5 Å². The zero-order valence-electron chi connectivity index (χ0n) is 18.3. The van der Waals surface area contributed by atoms with E-state index in [0.717, 1.165) is 16.8 Å². The Hall–Kier alpha value is -3.62. The number of rotatable bonds is 8. The Bertz CT molecular complexity index is 1290. The zero-order valence-corrected chi connectivity index (χ0v) is 19.8. The third-order valence-corrected chi connectivity index (χ3v) is 6.07. The van der Waals surface area contributed by atoms with Crippen LogP contribution in [0.25, 0.3) is 17.1 Å². The monoisotopic (exact) mass is 492 g/mol. The van der Waals surface area contributed by atoms with Gasteiger partial charge in [0, 0.05) is 10.7 Å². The summed E-state index contributed by atoms with van der Waals surface area (Å²) in [6, 6.07) is 24.0. The molecule has 0 atom stereocenters. The Labute approximate surface area is 206 Å². The molecule has 34 heavy (non-hydrogen) atoms. The highest BCUT2D eigenvalue weighted by atomic mass is 35.5. The van der Waals surface area contributed by atoms with E-state index in [1.54, 1.807) is 19.2 Å². The van der Waals surface area contributed by atoms with Crippen LogP contribution in [0.15, 0.2) is 84.0 Å². The number of thioether (sulfide) groups is 1. The van der Waals surface area contributed by atoms with Gasteiger partial charge in [0.15, 0.2) is 11.0 Å². The molecule has 1 heterocycles. The lowest BCUT2D eigenvalue weighted by Gasteiger charge is -2.12. The molecule has 2 amide bonds. The van der Waals surface area contributed by atoms with E-state index in [9.17, 15) is 9.59 Å². The van der Waals surface area contributed by atoms with Crippen LogP contribution < -0.4 is 10.1 Å². The molecule has 0 bridgehead atoms. The molecule has 0 fully saturated rings. The van der Waals surface area contributed by atoms with Crippen molar-refractivity contribution in [3.63, 3.8) is 0 Å². The number of hydrogen-bond donors (Lipinski definition) is 1. The number of methoxy groups -OCH3 is 1. The summed E-state index contributed by atoms with van der Waals surface area (Å²) in [4.78, 5) is 24.7. The number of imide groups is 1. The number of nitrogens with zero attached hydrogens (tertiary/aromatic N) is 3. The molecule has 0 aliphatic rings. The second kappa shape index (κ2) is 11.0. The minimum absolute atomic E-state index is 0.00181. The zero-order chi connectivity index (χ0) is 23.9. The van der Waals surface area contributed by atoms with Crippen molar-refractivity contribution in [1.82, 2.24) is 20.1 Å². The average molecular weight is 493 g/mol. The maximum atomic E-state index is 12.4. The van der Waals surface area contributed by atoms with E-state index in [1.807, 2.05) is 71.3 Å². The van der Waals surface area contributed by atoms with Crippen molar-refractivity contribution < 1.29 is 14.3 Å². The van der Waals surface area contributed by atoms with Crippen LogP contribution in [0, 0.1) is 0 Å². The predicted molar refractivity (Wildman–Crippen MR) is 132 cm³/mol. The highest BCUT2D eigenvalue weighted by Gasteiger charge is 2.20. The molecule has 0 aliphatic heterocycles. The normalized spacial score (nSPS) is 10.6. The Kier molecular flexibility index (Phi) is 7.61. The lowest BCUT2D eigenvalue weighted by atomic mass is 10.1. The van der Waals surface area contributed by atoms with Gasteiger partial charge in [0.2, 0.25) is 11.8 Å². The van der Waals surface area contributed by atoms with Crippen molar-refractivity contribution in [3.05, 3.63) is 89.4 Å². The summed E-state index contributed by atoms with van der Waals surface area (Å²) in [6.07, 6.45) is 0.135. The summed E-state index contributed by atoms with van der Waals surface area (Å²) in [5.41, 5.74) is 2.37. The molecule has 1 N–H and O–H groups in total. The fourth-order valence-corrected chi connectivity index (χ4v) is 4.22. The standard InChI is InChI=1S/C25H21ClN4O3S/c1-33-21-10-6-5-9-20(21)24-28-29-25(30(24)19-13-11-18(26)12-14-19)34-16-23(32)27-22(31)15-17-7-3-2-4-8-17/h2-14H,15-16H2,1H3,(H,27,31,32). The Morgan fingerprint density at radius 2 is 1.65 bits per heavy atom. The number of halogens is 1. The van der Waals surface area contributed by atoms with E-state index >= 15 is 0 Å². The van der Waals surface area contributed by atoms with Crippen LogP contribution >= 0.6 is 23.4 Å². The van der Waals surface area contributed by atoms with Gasteiger partial charge in [0.1, 0.15) is 5.75 Å². The largest absolute Gasteiger partial charge is 0.496 e. The fourth-order valence-electron chi connectivity index (χ4n) is 3.34. The fraction of sp³-hybridized carbons (Fsp3) is 0.120. The van der Waals surface area contributed by atoms with Crippen LogP contribution in [-0.4, -0.2) is 39.4 Å². The number of benzene rings is 3. The van der Waals surface area contributed by atoms with E-state index in [1.165, 1.54) is 11.8 Å².